The van der Waals surface area contributed by atoms with Crippen LogP contribution in [0.1, 0.15) is 11.1 Å². The number of benzene rings is 3. The molecule has 0 saturated carbocycles. The van der Waals surface area contributed by atoms with E-state index >= 15 is 0 Å². The molecule has 0 spiro atoms. The summed E-state index contributed by atoms with van der Waals surface area (Å²) in [5.41, 5.74) is 5.68. The molecule has 0 fully saturated rings. The average Bonchev–Trinajstić information content (AvgIpc) is 3.20. The zero-order valence-electron chi connectivity index (χ0n) is 14.7. The molecule has 0 aliphatic rings. The number of methoxy groups -OCH3 is 1. The topological polar surface area (TPSA) is 27.1 Å². The van der Waals surface area contributed by atoms with Gasteiger partial charge < -0.3 is 4.74 Å². The van der Waals surface area contributed by atoms with Crippen LogP contribution in [0.4, 0.5) is 0 Å². The van der Waals surface area contributed by atoms with Crippen molar-refractivity contribution in [3.8, 4) is 22.7 Å². The summed E-state index contributed by atoms with van der Waals surface area (Å²) in [7, 11) is 1.69. The van der Waals surface area contributed by atoms with Crippen molar-refractivity contribution in [1.29, 1.82) is 0 Å². The second-order valence-electron chi connectivity index (χ2n) is 6.17. The van der Waals surface area contributed by atoms with Crippen LogP contribution in [-0.4, -0.2) is 16.9 Å². The maximum Gasteiger partial charge on any atom is 0.118 e. The predicted molar refractivity (Wildman–Crippen MR) is 105 cm³/mol. The van der Waals surface area contributed by atoms with E-state index in [1.54, 1.807) is 7.11 Å². The third-order valence-corrected chi connectivity index (χ3v) is 4.45. The second kappa shape index (κ2) is 7.28. The fraction of sp³-hybridized carbons (Fsp3) is 0.0870. The molecule has 0 unspecified atom stereocenters. The first kappa shape index (κ1) is 16.2. The molecule has 3 heteroatoms. The largest absolute Gasteiger partial charge is 0.497 e. The Morgan fingerprint density at radius 1 is 0.808 bits per heavy atom. The molecule has 0 N–H and O–H groups in total. The van der Waals surface area contributed by atoms with Crippen molar-refractivity contribution in [2.45, 2.75) is 6.42 Å². The predicted octanol–water partition coefficient (Wildman–Crippen LogP) is 5.14. The third-order valence-electron chi connectivity index (χ3n) is 4.45. The van der Waals surface area contributed by atoms with Gasteiger partial charge in [-0.2, -0.15) is 5.10 Å². The number of para-hydroxylation sites is 1. The molecule has 26 heavy (non-hydrogen) atoms. The maximum absolute atomic E-state index is 5.24. The molecule has 4 aromatic rings. The smallest absolute Gasteiger partial charge is 0.118 e. The molecule has 0 aliphatic carbocycles. The Morgan fingerprint density at radius 3 is 2.31 bits per heavy atom. The van der Waals surface area contributed by atoms with Crippen LogP contribution in [0, 0.1) is 0 Å². The average molecular weight is 340 g/mol. The molecule has 128 valence electrons. The molecule has 0 atom stereocenters. The lowest BCUT2D eigenvalue weighted by molar-refractivity contribution is 0.414. The number of hydrogen-bond donors (Lipinski definition) is 0. The first-order chi connectivity index (χ1) is 12.8. The van der Waals surface area contributed by atoms with E-state index < -0.39 is 0 Å². The first-order valence-electron chi connectivity index (χ1n) is 8.66. The second-order valence-corrected chi connectivity index (χ2v) is 6.17. The van der Waals surface area contributed by atoms with Gasteiger partial charge in [-0.3, -0.25) is 0 Å². The molecule has 0 saturated heterocycles. The Hall–Kier alpha value is -3.33. The number of hydrogen-bond acceptors (Lipinski definition) is 2. The summed E-state index contributed by atoms with van der Waals surface area (Å²) in [6.45, 7) is 0. The highest BCUT2D eigenvalue weighted by molar-refractivity contribution is 5.59. The highest BCUT2D eigenvalue weighted by Gasteiger charge is 2.08. The number of rotatable bonds is 5. The minimum atomic E-state index is 0.848. The standard InChI is InChI=1S/C23H20N2O/c1-26-21-13-11-18(12-14-21)17-20-9-5-6-10-23(20)25-16-15-22(24-25)19-7-3-2-4-8-19/h2-16H,17H2,1H3. The van der Waals surface area contributed by atoms with E-state index in [4.69, 9.17) is 9.84 Å². The Labute approximate surface area is 153 Å². The summed E-state index contributed by atoms with van der Waals surface area (Å²) in [6, 6.07) is 28.9. The lowest BCUT2D eigenvalue weighted by atomic mass is 10.0. The molecule has 3 nitrogen and oxygen atoms in total. The molecular weight excluding hydrogens is 320 g/mol. The van der Waals surface area contributed by atoms with Crippen LogP contribution in [0.3, 0.4) is 0 Å². The minimum Gasteiger partial charge on any atom is -0.497 e. The molecule has 4 rings (SSSR count). The minimum absolute atomic E-state index is 0.848. The van der Waals surface area contributed by atoms with E-state index in [1.807, 2.05) is 41.2 Å². The van der Waals surface area contributed by atoms with E-state index in [0.29, 0.717) is 0 Å². The summed E-state index contributed by atoms with van der Waals surface area (Å²) >= 11 is 0. The van der Waals surface area contributed by atoms with Crippen molar-refractivity contribution in [2.75, 3.05) is 7.11 Å². The fourth-order valence-corrected chi connectivity index (χ4v) is 3.07. The van der Waals surface area contributed by atoms with Gasteiger partial charge in [-0.15, -0.1) is 0 Å². The molecule has 0 aliphatic heterocycles. The van der Waals surface area contributed by atoms with Gasteiger partial charge in [0.1, 0.15) is 5.75 Å². The van der Waals surface area contributed by atoms with E-state index in [1.165, 1.54) is 11.1 Å². The van der Waals surface area contributed by atoms with Crippen molar-refractivity contribution in [3.05, 3.63) is 102 Å². The third kappa shape index (κ3) is 3.38. The molecule has 0 radical (unpaired) electrons. The van der Waals surface area contributed by atoms with E-state index in [0.717, 1.165) is 29.1 Å². The Balaban J connectivity index is 1.64. The quantitative estimate of drug-likeness (QED) is 0.503. The van der Waals surface area contributed by atoms with E-state index in [-0.39, 0.29) is 0 Å². The van der Waals surface area contributed by atoms with Gasteiger partial charge >= 0.3 is 0 Å². The number of aromatic nitrogens is 2. The van der Waals surface area contributed by atoms with Gasteiger partial charge in [0.15, 0.2) is 0 Å². The molecule has 0 bridgehead atoms. The first-order valence-corrected chi connectivity index (χ1v) is 8.66. The maximum atomic E-state index is 5.24. The van der Waals surface area contributed by atoms with Crippen LogP contribution in [-0.2, 0) is 6.42 Å². The van der Waals surface area contributed by atoms with Gasteiger partial charge in [-0.25, -0.2) is 4.68 Å². The van der Waals surface area contributed by atoms with Crippen LogP contribution in [0.15, 0.2) is 91.1 Å². The van der Waals surface area contributed by atoms with Crippen LogP contribution in [0.5, 0.6) is 5.75 Å². The molecule has 3 aromatic carbocycles. The van der Waals surface area contributed by atoms with Crippen molar-refractivity contribution < 1.29 is 4.74 Å². The number of ether oxygens (including phenoxy) is 1. The van der Waals surface area contributed by atoms with Gasteiger partial charge in [0.25, 0.3) is 0 Å². The molecular formula is C23H20N2O. The summed E-state index contributed by atoms with van der Waals surface area (Å²) in [5.74, 6) is 0.876. The van der Waals surface area contributed by atoms with Gasteiger partial charge in [-0.1, -0.05) is 60.7 Å². The highest BCUT2D eigenvalue weighted by Crippen LogP contribution is 2.22. The van der Waals surface area contributed by atoms with Crippen molar-refractivity contribution in [3.63, 3.8) is 0 Å². The van der Waals surface area contributed by atoms with E-state index in [9.17, 15) is 0 Å². The summed E-state index contributed by atoms with van der Waals surface area (Å²) in [4.78, 5) is 0. The SMILES string of the molecule is COc1ccc(Cc2ccccc2-n2ccc(-c3ccccc3)n2)cc1. The Kier molecular flexibility index (Phi) is 4.52. The molecule has 0 amide bonds. The summed E-state index contributed by atoms with van der Waals surface area (Å²) in [6.07, 6.45) is 2.87. The lowest BCUT2D eigenvalue weighted by Gasteiger charge is -2.10. The van der Waals surface area contributed by atoms with Crippen LogP contribution in [0.2, 0.25) is 0 Å². The normalized spacial score (nSPS) is 10.7. The fourth-order valence-electron chi connectivity index (χ4n) is 3.07. The summed E-state index contributed by atoms with van der Waals surface area (Å²) in [5, 5.41) is 4.78. The number of nitrogens with zero attached hydrogens (tertiary/aromatic N) is 2. The van der Waals surface area contributed by atoms with Gasteiger partial charge in [0.2, 0.25) is 0 Å². The van der Waals surface area contributed by atoms with E-state index in [2.05, 4.69) is 54.6 Å². The van der Waals surface area contributed by atoms with Gasteiger partial charge in [0.05, 0.1) is 18.5 Å². The van der Waals surface area contributed by atoms with Crippen molar-refractivity contribution in [2.24, 2.45) is 0 Å². The van der Waals surface area contributed by atoms with Crippen molar-refractivity contribution >= 4 is 0 Å². The van der Waals surface area contributed by atoms with Crippen molar-refractivity contribution in [1.82, 2.24) is 9.78 Å². The molecule has 1 aromatic heterocycles. The monoisotopic (exact) mass is 340 g/mol. The zero-order valence-corrected chi connectivity index (χ0v) is 14.7. The van der Waals surface area contributed by atoms with Crippen LogP contribution < -0.4 is 4.74 Å². The van der Waals surface area contributed by atoms with Gasteiger partial charge in [-0.05, 0) is 41.8 Å². The highest BCUT2D eigenvalue weighted by atomic mass is 16.5. The van der Waals surface area contributed by atoms with Crippen LogP contribution >= 0.6 is 0 Å². The molecule has 1 heterocycles. The Bertz CT molecular complexity index is 988. The lowest BCUT2D eigenvalue weighted by Crippen LogP contribution is -2.01. The summed E-state index contributed by atoms with van der Waals surface area (Å²) < 4.78 is 7.20. The Morgan fingerprint density at radius 2 is 1.54 bits per heavy atom. The van der Waals surface area contributed by atoms with Gasteiger partial charge in [0, 0.05) is 11.8 Å². The zero-order chi connectivity index (χ0) is 17.8. The van der Waals surface area contributed by atoms with Crippen LogP contribution in [0.25, 0.3) is 16.9 Å².